The molecule has 0 heteroatoms. The van der Waals surface area contributed by atoms with E-state index in [0.717, 1.165) is 5.92 Å². The van der Waals surface area contributed by atoms with Crippen LogP contribution < -0.4 is 0 Å². The van der Waals surface area contributed by atoms with Crippen molar-refractivity contribution in [2.24, 2.45) is 0 Å². The average molecular weight is 173 g/mol. The largest absolute Gasteiger partial charge is 0.0651 e. The lowest BCUT2D eigenvalue weighted by atomic mass is 9.95. The topological polar surface area (TPSA) is 0 Å². The van der Waals surface area contributed by atoms with Crippen LogP contribution in [0.3, 0.4) is 0 Å². The Labute approximate surface area is 81.0 Å². The molecule has 1 fully saturated rings. The Bertz CT molecular complexity index is 295. The van der Waals surface area contributed by atoms with E-state index in [1.807, 2.05) is 0 Å². The van der Waals surface area contributed by atoms with Crippen LogP contribution in [0.25, 0.3) is 0 Å². The molecule has 0 atom stereocenters. The van der Waals surface area contributed by atoms with Crippen LogP contribution in [-0.2, 0) is 6.42 Å². The summed E-state index contributed by atoms with van der Waals surface area (Å²) in [5.41, 5.74) is 4.36. The van der Waals surface area contributed by atoms with E-state index in [2.05, 4.69) is 32.0 Å². The van der Waals surface area contributed by atoms with Gasteiger partial charge in [0, 0.05) is 0 Å². The van der Waals surface area contributed by atoms with Crippen LogP contribution in [-0.4, -0.2) is 0 Å². The van der Waals surface area contributed by atoms with Gasteiger partial charge >= 0.3 is 0 Å². The van der Waals surface area contributed by atoms with Crippen molar-refractivity contribution >= 4 is 0 Å². The van der Waals surface area contributed by atoms with Gasteiger partial charge in [0.25, 0.3) is 0 Å². The molecule has 1 radical (unpaired) electrons. The molecule has 0 heterocycles. The van der Waals surface area contributed by atoms with Crippen LogP contribution in [0.1, 0.15) is 48.8 Å². The predicted molar refractivity (Wildman–Crippen MR) is 56.9 cm³/mol. The van der Waals surface area contributed by atoms with Gasteiger partial charge in [0.1, 0.15) is 0 Å². The van der Waals surface area contributed by atoms with Crippen LogP contribution in [0.2, 0.25) is 0 Å². The Morgan fingerprint density at radius 3 is 2.77 bits per heavy atom. The lowest BCUT2D eigenvalue weighted by Crippen LogP contribution is -1.94. The van der Waals surface area contributed by atoms with Gasteiger partial charge in [-0.3, -0.25) is 0 Å². The number of hydrogen-bond acceptors (Lipinski definition) is 0. The summed E-state index contributed by atoms with van der Waals surface area (Å²) in [4.78, 5) is 0. The summed E-state index contributed by atoms with van der Waals surface area (Å²) in [5.74, 6) is 0.843. The van der Waals surface area contributed by atoms with Crippen molar-refractivity contribution in [2.75, 3.05) is 0 Å². The van der Waals surface area contributed by atoms with E-state index >= 15 is 0 Å². The Balaban J connectivity index is 2.35. The molecule has 0 spiro atoms. The van der Waals surface area contributed by atoms with E-state index in [4.69, 9.17) is 0 Å². The highest BCUT2D eigenvalue weighted by molar-refractivity contribution is 5.41. The monoisotopic (exact) mass is 173 g/mol. The second-order valence-electron chi connectivity index (χ2n) is 4.01. The van der Waals surface area contributed by atoms with Gasteiger partial charge in [-0.1, -0.05) is 31.5 Å². The molecule has 0 N–H and O–H groups in total. The molecule has 13 heavy (non-hydrogen) atoms. The van der Waals surface area contributed by atoms with E-state index in [1.165, 1.54) is 36.8 Å². The summed E-state index contributed by atoms with van der Waals surface area (Å²) in [6, 6.07) is 6.55. The lowest BCUT2D eigenvalue weighted by molar-refractivity contribution is 0.894. The van der Waals surface area contributed by atoms with Crippen LogP contribution in [0.4, 0.5) is 0 Å². The second-order valence-corrected chi connectivity index (χ2v) is 4.01. The molecule has 0 unspecified atom stereocenters. The SMILES string of the molecule is [CH2]c1cccc(CCC)c1C1CC1. The summed E-state index contributed by atoms with van der Waals surface area (Å²) in [5, 5.41) is 0. The van der Waals surface area contributed by atoms with Crippen LogP contribution >= 0.6 is 0 Å². The maximum absolute atomic E-state index is 4.12. The van der Waals surface area contributed by atoms with Gasteiger partial charge in [0.2, 0.25) is 0 Å². The molecule has 1 aromatic rings. The summed E-state index contributed by atoms with van der Waals surface area (Å²) < 4.78 is 0. The van der Waals surface area contributed by atoms with Crippen molar-refractivity contribution in [3.05, 3.63) is 41.8 Å². The fourth-order valence-corrected chi connectivity index (χ4v) is 2.05. The minimum Gasteiger partial charge on any atom is -0.0651 e. The van der Waals surface area contributed by atoms with E-state index in [9.17, 15) is 0 Å². The van der Waals surface area contributed by atoms with Gasteiger partial charge in [-0.15, -0.1) is 0 Å². The molecule has 2 rings (SSSR count). The normalized spacial score (nSPS) is 16.2. The van der Waals surface area contributed by atoms with Crippen molar-refractivity contribution in [1.82, 2.24) is 0 Å². The Morgan fingerprint density at radius 2 is 2.15 bits per heavy atom. The zero-order valence-electron chi connectivity index (χ0n) is 8.34. The third kappa shape index (κ3) is 1.77. The molecular formula is C13H17. The summed E-state index contributed by atoms with van der Waals surface area (Å²) in [6.45, 7) is 6.37. The molecule has 0 aromatic heterocycles. The minimum absolute atomic E-state index is 0.843. The highest BCUT2D eigenvalue weighted by Crippen LogP contribution is 2.43. The third-order valence-electron chi connectivity index (χ3n) is 2.79. The van der Waals surface area contributed by atoms with Crippen molar-refractivity contribution in [2.45, 2.75) is 38.5 Å². The van der Waals surface area contributed by atoms with Gasteiger partial charge in [0.05, 0.1) is 0 Å². The maximum Gasteiger partial charge on any atom is -0.0156 e. The molecule has 0 nitrogen and oxygen atoms in total. The number of aryl methyl sites for hydroxylation is 1. The first-order valence-corrected chi connectivity index (χ1v) is 5.26. The highest BCUT2D eigenvalue weighted by Gasteiger charge is 2.26. The third-order valence-corrected chi connectivity index (χ3v) is 2.79. The van der Waals surface area contributed by atoms with Crippen LogP contribution in [0.15, 0.2) is 18.2 Å². The van der Waals surface area contributed by atoms with Crippen LogP contribution in [0.5, 0.6) is 0 Å². The van der Waals surface area contributed by atoms with Gasteiger partial charge in [0.15, 0.2) is 0 Å². The molecule has 0 saturated heterocycles. The summed E-state index contributed by atoms with van der Waals surface area (Å²) >= 11 is 0. The van der Waals surface area contributed by atoms with E-state index in [-0.39, 0.29) is 0 Å². The number of benzene rings is 1. The lowest BCUT2D eigenvalue weighted by Gasteiger charge is -2.10. The Morgan fingerprint density at radius 1 is 1.38 bits per heavy atom. The summed E-state index contributed by atoms with van der Waals surface area (Å²) in [6.07, 6.45) is 5.21. The fourth-order valence-electron chi connectivity index (χ4n) is 2.05. The Hall–Kier alpha value is -0.780. The molecule has 1 aromatic carbocycles. The number of rotatable bonds is 3. The first-order valence-electron chi connectivity index (χ1n) is 5.26. The predicted octanol–water partition coefficient (Wildman–Crippen LogP) is 3.70. The molecular weight excluding hydrogens is 156 g/mol. The summed E-state index contributed by atoms with van der Waals surface area (Å²) in [7, 11) is 0. The zero-order chi connectivity index (χ0) is 9.26. The second kappa shape index (κ2) is 3.53. The van der Waals surface area contributed by atoms with E-state index in [0.29, 0.717) is 0 Å². The quantitative estimate of drug-likeness (QED) is 0.653. The standard InChI is InChI=1S/C13H17/c1-3-5-11-7-4-6-10(2)13(11)12-8-9-12/h4,6-7,12H,2-3,5,8-9H2,1H3. The molecule has 69 valence electrons. The smallest absolute Gasteiger partial charge is 0.0156 e. The minimum atomic E-state index is 0.843. The molecule has 0 amide bonds. The highest BCUT2D eigenvalue weighted by atomic mass is 14.3. The van der Waals surface area contributed by atoms with Crippen LogP contribution in [0, 0.1) is 6.92 Å². The van der Waals surface area contributed by atoms with Gasteiger partial charge < -0.3 is 0 Å². The van der Waals surface area contributed by atoms with E-state index < -0.39 is 0 Å². The Kier molecular flexibility index (Phi) is 2.39. The molecule has 1 saturated carbocycles. The zero-order valence-corrected chi connectivity index (χ0v) is 8.34. The maximum atomic E-state index is 4.12. The number of hydrogen-bond donors (Lipinski definition) is 0. The van der Waals surface area contributed by atoms with E-state index in [1.54, 1.807) is 5.56 Å². The van der Waals surface area contributed by atoms with Crippen molar-refractivity contribution in [3.8, 4) is 0 Å². The van der Waals surface area contributed by atoms with Gasteiger partial charge in [-0.25, -0.2) is 0 Å². The molecule has 1 aliphatic rings. The average Bonchev–Trinajstić information content (AvgIpc) is 2.88. The first kappa shape index (κ1) is 8.80. The van der Waals surface area contributed by atoms with Crippen molar-refractivity contribution < 1.29 is 0 Å². The fraction of sp³-hybridized carbons (Fsp3) is 0.462. The molecule has 1 aliphatic carbocycles. The molecule has 0 aliphatic heterocycles. The van der Waals surface area contributed by atoms with Gasteiger partial charge in [-0.05, 0) is 48.8 Å². The molecule has 0 bridgehead atoms. The van der Waals surface area contributed by atoms with Crippen molar-refractivity contribution in [3.63, 3.8) is 0 Å². The first-order chi connectivity index (χ1) is 6.33. The van der Waals surface area contributed by atoms with Gasteiger partial charge in [-0.2, -0.15) is 0 Å². The van der Waals surface area contributed by atoms with Crippen molar-refractivity contribution in [1.29, 1.82) is 0 Å².